The summed E-state index contributed by atoms with van der Waals surface area (Å²) in [5, 5.41) is 9.68. The Hall–Kier alpha value is -2.78. The molecule has 0 saturated carbocycles. The second kappa shape index (κ2) is 8.07. The molecule has 0 aliphatic carbocycles. The van der Waals surface area contributed by atoms with E-state index in [2.05, 4.69) is 31.3 Å². The lowest BCUT2D eigenvalue weighted by atomic mass is 10.2. The Bertz CT molecular complexity index is 1200. The number of aromatic nitrogens is 4. The summed E-state index contributed by atoms with van der Waals surface area (Å²) in [6.07, 6.45) is 3.29. The van der Waals surface area contributed by atoms with Gasteiger partial charge in [0.1, 0.15) is 5.82 Å². The SMILES string of the molecule is O=C(CCn1cnc2ccccc2c1=O)Nc1ccnn1Cc1cc(Br)cs1. The van der Waals surface area contributed by atoms with Gasteiger partial charge in [0.25, 0.3) is 5.56 Å². The van der Waals surface area contributed by atoms with Crippen LogP contribution in [0.2, 0.25) is 0 Å². The average Bonchev–Trinajstić information content (AvgIpc) is 3.30. The van der Waals surface area contributed by atoms with E-state index in [1.165, 1.54) is 10.9 Å². The highest BCUT2D eigenvalue weighted by molar-refractivity contribution is 9.10. The molecule has 0 fully saturated rings. The van der Waals surface area contributed by atoms with Gasteiger partial charge in [-0.1, -0.05) is 12.1 Å². The number of aryl methyl sites for hydroxylation is 1. The maximum Gasteiger partial charge on any atom is 0.261 e. The minimum absolute atomic E-state index is 0.147. The molecule has 0 aliphatic heterocycles. The van der Waals surface area contributed by atoms with E-state index in [9.17, 15) is 9.59 Å². The molecular weight excluding hydrogens is 442 g/mol. The van der Waals surface area contributed by atoms with Crippen molar-refractivity contribution in [3.05, 3.63) is 74.0 Å². The Kier molecular flexibility index (Phi) is 5.36. The molecule has 0 saturated heterocycles. The lowest BCUT2D eigenvalue weighted by Gasteiger charge is -2.09. The van der Waals surface area contributed by atoms with E-state index in [1.807, 2.05) is 17.5 Å². The predicted octanol–water partition coefficient (Wildman–Crippen LogP) is 3.49. The summed E-state index contributed by atoms with van der Waals surface area (Å²) in [7, 11) is 0. The van der Waals surface area contributed by atoms with Crippen LogP contribution in [-0.2, 0) is 17.9 Å². The summed E-state index contributed by atoms with van der Waals surface area (Å²) in [6, 6.07) is 10.9. The number of nitrogens with one attached hydrogen (secondary N) is 1. The van der Waals surface area contributed by atoms with Crippen molar-refractivity contribution < 1.29 is 4.79 Å². The fourth-order valence-corrected chi connectivity index (χ4v) is 4.27. The van der Waals surface area contributed by atoms with Gasteiger partial charge < -0.3 is 5.32 Å². The van der Waals surface area contributed by atoms with Crippen LogP contribution in [0.3, 0.4) is 0 Å². The molecular formula is C19H16BrN5O2S. The van der Waals surface area contributed by atoms with E-state index >= 15 is 0 Å². The van der Waals surface area contributed by atoms with Gasteiger partial charge in [-0.15, -0.1) is 11.3 Å². The van der Waals surface area contributed by atoms with Crippen LogP contribution >= 0.6 is 27.3 Å². The zero-order valence-corrected chi connectivity index (χ0v) is 17.1. The zero-order valence-electron chi connectivity index (χ0n) is 14.7. The Labute approximate surface area is 172 Å². The Morgan fingerprint density at radius 2 is 2.11 bits per heavy atom. The standard InChI is InChI=1S/C19H16BrN5O2S/c20-13-9-14(28-11-13)10-25-17(5-7-22-25)23-18(26)6-8-24-12-21-16-4-2-1-3-15(16)19(24)27/h1-5,7,9,11-12H,6,8,10H2,(H,23,26). The smallest absolute Gasteiger partial charge is 0.261 e. The fourth-order valence-electron chi connectivity index (χ4n) is 2.84. The second-order valence-corrected chi connectivity index (χ2v) is 8.08. The van der Waals surface area contributed by atoms with Crippen LogP contribution in [-0.4, -0.2) is 25.2 Å². The molecule has 7 nitrogen and oxygen atoms in total. The average molecular weight is 458 g/mol. The van der Waals surface area contributed by atoms with Crippen LogP contribution < -0.4 is 10.9 Å². The van der Waals surface area contributed by atoms with Gasteiger partial charge in [-0.2, -0.15) is 5.10 Å². The van der Waals surface area contributed by atoms with Crippen molar-refractivity contribution in [3.63, 3.8) is 0 Å². The molecule has 4 rings (SSSR count). The first-order valence-corrected chi connectivity index (χ1v) is 10.3. The van der Waals surface area contributed by atoms with E-state index in [0.29, 0.717) is 23.3 Å². The van der Waals surface area contributed by atoms with Crippen LogP contribution in [0.5, 0.6) is 0 Å². The molecule has 0 atom stereocenters. The summed E-state index contributed by atoms with van der Waals surface area (Å²) < 4.78 is 4.22. The third kappa shape index (κ3) is 4.05. The van der Waals surface area contributed by atoms with E-state index in [1.54, 1.807) is 46.5 Å². The summed E-state index contributed by atoms with van der Waals surface area (Å²) in [5.41, 5.74) is 0.504. The molecule has 0 bridgehead atoms. The lowest BCUT2D eigenvalue weighted by Crippen LogP contribution is -2.24. The van der Waals surface area contributed by atoms with Crippen LogP contribution in [0.25, 0.3) is 10.9 Å². The Morgan fingerprint density at radius 3 is 2.93 bits per heavy atom. The van der Waals surface area contributed by atoms with Crippen molar-refractivity contribution >= 4 is 49.9 Å². The molecule has 28 heavy (non-hydrogen) atoms. The highest BCUT2D eigenvalue weighted by Crippen LogP contribution is 2.21. The first-order valence-electron chi connectivity index (χ1n) is 8.59. The lowest BCUT2D eigenvalue weighted by molar-refractivity contribution is -0.116. The van der Waals surface area contributed by atoms with Gasteiger partial charge in [0.05, 0.1) is 30.0 Å². The highest BCUT2D eigenvalue weighted by atomic mass is 79.9. The number of carbonyl (C=O) groups is 1. The van der Waals surface area contributed by atoms with Gasteiger partial charge in [0.2, 0.25) is 5.91 Å². The monoisotopic (exact) mass is 457 g/mol. The summed E-state index contributed by atoms with van der Waals surface area (Å²) in [6.45, 7) is 0.835. The number of hydrogen-bond donors (Lipinski definition) is 1. The molecule has 4 aromatic rings. The van der Waals surface area contributed by atoms with Gasteiger partial charge in [0, 0.05) is 33.8 Å². The fraction of sp³-hybridized carbons (Fsp3) is 0.158. The molecule has 1 aromatic carbocycles. The molecule has 1 N–H and O–H groups in total. The van der Waals surface area contributed by atoms with Crippen molar-refractivity contribution in [2.24, 2.45) is 0 Å². The number of para-hydroxylation sites is 1. The molecule has 142 valence electrons. The normalized spacial score (nSPS) is 11.0. The quantitative estimate of drug-likeness (QED) is 0.480. The number of amides is 1. The number of anilines is 1. The van der Waals surface area contributed by atoms with E-state index in [0.717, 1.165) is 9.35 Å². The van der Waals surface area contributed by atoms with Crippen LogP contribution in [0.15, 0.2) is 63.6 Å². The number of carbonyl (C=O) groups excluding carboxylic acids is 1. The van der Waals surface area contributed by atoms with Crippen molar-refractivity contribution in [2.75, 3.05) is 5.32 Å². The van der Waals surface area contributed by atoms with Crippen molar-refractivity contribution in [1.29, 1.82) is 0 Å². The van der Waals surface area contributed by atoms with E-state index in [-0.39, 0.29) is 24.4 Å². The molecule has 3 aromatic heterocycles. The maximum atomic E-state index is 12.5. The van der Waals surface area contributed by atoms with Crippen molar-refractivity contribution in [1.82, 2.24) is 19.3 Å². The summed E-state index contributed by atoms with van der Waals surface area (Å²) >= 11 is 5.06. The first-order chi connectivity index (χ1) is 13.6. The predicted molar refractivity (Wildman–Crippen MR) is 113 cm³/mol. The number of thiophene rings is 1. The molecule has 0 radical (unpaired) electrons. The number of benzene rings is 1. The van der Waals surface area contributed by atoms with Crippen molar-refractivity contribution in [3.8, 4) is 0 Å². The van der Waals surface area contributed by atoms with E-state index < -0.39 is 0 Å². The van der Waals surface area contributed by atoms with Crippen molar-refractivity contribution in [2.45, 2.75) is 19.5 Å². The molecule has 3 heterocycles. The first kappa shape index (κ1) is 18.6. The molecule has 0 spiro atoms. The zero-order chi connectivity index (χ0) is 19.5. The van der Waals surface area contributed by atoms with Gasteiger partial charge >= 0.3 is 0 Å². The minimum Gasteiger partial charge on any atom is -0.311 e. The highest BCUT2D eigenvalue weighted by Gasteiger charge is 2.10. The number of hydrogen-bond acceptors (Lipinski definition) is 5. The third-order valence-electron chi connectivity index (χ3n) is 4.22. The Balaban J connectivity index is 1.41. The minimum atomic E-state index is -0.186. The number of fused-ring (bicyclic) bond motifs is 1. The van der Waals surface area contributed by atoms with Crippen LogP contribution in [0, 0.1) is 0 Å². The molecule has 1 amide bonds. The van der Waals surface area contributed by atoms with Gasteiger partial charge in [0.15, 0.2) is 0 Å². The molecule has 9 heteroatoms. The molecule has 0 aliphatic rings. The largest absolute Gasteiger partial charge is 0.311 e. The van der Waals surface area contributed by atoms with Gasteiger partial charge in [-0.25, -0.2) is 9.67 Å². The second-order valence-electron chi connectivity index (χ2n) is 6.16. The number of nitrogens with zero attached hydrogens (tertiary/aromatic N) is 4. The van der Waals surface area contributed by atoms with Gasteiger partial charge in [-0.3, -0.25) is 14.2 Å². The summed E-state index contributed by atoms with van der Waals surface area (Å²) in [4.78, 5) is 30.3. The third-order valence-corrected chi connectivity index (χ3v) is 5.91. The van der Waals surface area contributed by atoms with Gasteiger partial charge in [-0.05, 0) is 34.1 Å². The summed E-state index contributed by atoms with van der Waals surface area (Å²) in [5.74, 6) is 0.438. The maximum absolute atomic E-state index is 12.5. The Morgan fingerprint density at radius 1 is 1.25 bits per heavy atom. The number of halogens is 1. The number of rotatable bonds is 6. The van der Waals surface area contributed by atoms with E-state index in [4.69, 9.17) is 0 Å². The topological polar surface area (TPSA) is 81.8 Å². The molecule has 0 unspecified atom stereocenters. The van der Waals surface area contributed by atoms with Crippen LogP contribution in [0.1, 0.15) is 11.3 Å². The van der Waals surface area contributed by atoms with Crippen LogP contribution in [0.4, 0.5) is 5.82 Å².